The first-order valence-corrected chi connectivity index (χ1v) is 9.21. The van der Waals surface area contributed by atoms with Crippen molar-refractivity contribution >= 4 is 33.5 Å². The quantitative estimate of drug-likeness (QED) is 0.491. The van der Waals surface area contributed by atoms with Gasteiger partial charge in [-0.2, -0.15) is 0 Å². The second-order valence-electron chi connectivity index (χ2n) is 6.49. The maximum atomic E-state index is 12.7. The number of hydrogen-bond donors (Lipinski definition) is 1. The van der Waals surface area contributed by atoms with Crippen LogP contribution < -0.4 is 14.8 Å². The van der Waals surface area contributed by atoms with Gasteiger partial charge in [0.1, 0.15) is 22.7 Å². The SMILES string of the molecule is CC[C@@H](Oc1ccc(OC)cc1)C(=O)Nc1ccc2c(c1)oc1ccccc12. The van der Waals surface area contributed by atoms with Gasteiger partial charge in [0.05, 0.1) is 7.11 Å². The Bertz CT molecular complexity index is 1110. The molecule has 0 fully saturated rings. The van der Waals surface area contributed by atoms with E-state index in [1.807, 2.05) is 49.4 Å². The Balaban J connectivity index is 1.51. The van der Waals surface area contributed by atoms with Crippen LogP contribution in [0.2, 0.25) is 0 Å². The van der Waals surface area contributed by atoms with Gasteiger partial charge >= 0.3 is 0 Å². The molecule has 142 valence electrons. The molecular weight excluding hydrogens is 354 g/mol. The maximum Gasteiger partial charge on any atom is 0.265 e. The summed E-state index contributed by atoms with van der Waals surface area (Å²) >= 11 is 0. The highest BCUT2D eigenvalue weighted by Crippen LogP contribution is 2.30. The summed E-state index contributed by atoms with van der Waals surface area (Å²) in [4.78, 5) is 12.7. The minimum Gasteiger partial charge on any atom is -0.497 e. The fourth-order valence-corrected chi connectivity index (χ4v) is 3.17. The van der Waals surface area contributed by atoms with E-state index < -0.39 is 6.10 Å². The van der Waals surface area contributed by atoms with E-state index in [1.54, 1.807) is 31.4 Å². The molecule has 28 heavy (non-hydrogen) atoms. The molecule has 0 radical (unpaired) electrons. The van der Waals surface area contributed by atoms with Crippen LogP contribution in [0.4, 0.5) is 5.69 Å². The zero-order valence-corrected chi connectivity index (χ0v) is 15.8. The topological polar surface area (TPSA) is 60.7 Å². The summed E-state index contributed by atoms with van der Waals surface area (Å²) in [6.07, 6.45) is -0.0511. The third kappa shape index (κ3) is 3.51. The van der Waals surface area contributed by atoms with Crippen LogP contribution in [0.15, 0.2) is 71.1 Å². The van der Waals surface area contributed by atoms with Crippen LogP contribution in [-0.4, -0.2) is 19.1 Å². The highest BCUT2D eigenvalue weighted by molar-refractivity contribution is 6.06. The average molecular weight is 375 g/mol. The molecule has 1 amide bonds. The monoisotopic (exact) mass is 375 g/mol. The zero-order valence-electron chi connectivity index (χ0n) is 15.8. The lowest BCUT2D eigenvalue weighted by atomic mass is 10.1. The van der Waals surface area contributed by atoms with E-state index in [-0.39, 0.29) is 5.91 Å². The lowest BCUT2D eigenvalue weighted by molar-refractivity contribution is -0.122. The van der Waals surface area contributed by atoms with Crippen molar-refractivity contribution < 1.29 is 18.7 Å². The van der Waals surface area contributed by atoms with Gasteiger partial charge < -0.3 is 19.2 Å². The molecule has 0 aliphatic rings. The number of para-hydroxylation sites is 1. The van der Waals surface area contributed by atoms with E-state index in [4.69, 9.17) is 13.9 Å². The largest absolute Gasteiger partial charge is 0.497 e. The molecule has 1 N–H and O–H groups in total. The van der Waals surface area contributed by atoms with Crippen molar-refractivity contribution in [3.05, 3.63) is 66.7 Å². The molecule has 1 atom stereocenters. The highest BCUT2D eigenvalue weighted by atomic mass is 16.5. The molecule has 1 aromatic heterocycles. The summed E-state index contributed by atoms with van der Waals surface area (Å²) in [5.74, 6) is 1.16. The van der Waals surface area contributed by atoms with Crippen LogP contribution in [0, 0.1) is 0 Å². The molecule has 0 unspecified atom stereocenters. The fourth-order valence-electron chi connectivity index (χ4n) is 3.17. The molecule has 4 rings (SSSR count). The number of fused-ring (bicyclic) bond motifs is 3. The van der Waals surface area contributed by atoms with Crippen molar-refractivity contribution in [1.82, 2.24) is 0 Å². The van der Waals surface area contributed by atoms with Crippen LogP contribution in [0.25, 0.3) is 21.9 Å². The van der Waals surface area contributed by atoms with Crippen LogP contribution in [-0.2, 0) is 4.79 Å². The van der Waals surface area contributed by atoms with Crippen molar-refractivity contribution in [2.75, 3.05) is 12.4 Å². The summed E-state index contributed by atoms with van der Waals surface area (Å²) in [7, 11) is 1.61. The molecule has 5 heteroatoms. The smallest absolute Gasteiger partial charge is 0.265 e. The number of hydrogen-bond acceptors (Lipinski definition) is 4. The number of benzene rings is 3. The van der Waals surface area contributed by atoms with Crippen LogP contribution >= 0.6 is 0 Å². The van der Waals surface area contributed by atoms with E-state index in [2.05, 4.69) is 5.32 Å². The van der Waals surface area contributed by atoms with Crippen molar-refractivity contribution in [2.45, 2.75) is 19.4 Å². The summed E-state index contributed by atoms with van der Waals surface area (Å²) in [5.41, 5.74) is 2.24. The van der Waals surface area contributed by atoms with E-state index in [1.165, 1.54) is 0 Å². The number of anilines is 1. The van der Waals surface area contributed by atoms with Gasteiger partial charge in [-0.25, -0.2) is 0 Å². The fraction of sp³-hybridized carbons (Fsp3) is 0.174. The Morgan fingerprint density at radius 3 is 2.43 bits per heavy atom. The Labute approximate surface area is 162 Å². The van der Waals surface area contributed by atoms with Gasteiger partial charge in [-0.1, -0.05) is 25.1 Å². The van der Waals surface area contributed by atoms with Crippen LogP contribution in [0.5, 0.6) is 11.5 Å². The third-order valence-electron chi connectivity index (χ3n) is 4.65. The number of carbonyl (C=O) groups excluding carboxylic acids is 1. The molecule has 0 aliphatic carbocycles. The van der Waals surface area contributed by atoms with Gasteiger partial charge in [0, 0.05) is 22.5 Å². The second kappa shape index (κ2) is 7.64. The van der Waals surface area contributed by atoms with Crippen LogP contribution in [0.3, 0.4) is 0 Å². The lowest BCUT2D eigenvalue weighted by Crippen LogP contribution is -2.32. The number of carbonyl (C=O) groups is 1. The molecule has 0 bridgehead atoms. The molecule has 3 aromatic carbocycles. The number of rotatable bonds is 6. The number of ether oxygens (including phenoxy) is 2. The third-order valence-corrected chi connectivity index (χ3v) is 4.65. The predicted molar refractivity (Wildman–Crippen MR) is 110 cm³/mol. The first-order chi connectivity index (χ1) is 13.7. The molecule has 1 heterocycles. The van der Waals surface area contributed by atoms with Gasteiger partial charge in [-0.15, -0.1) is 0 Å². The van der Waals surface area contributed by atoms with Gasteiger partial charge in [-0.05, 0) is 48.9 Å². The number of methoxy groups -OCH3 is 1. The number of nitrogens with one attached hydrogen (secondary N) is 1. The van der Waals surface area contributed by atoms with E-state index >= 15 is 0 Å². The summed E-state index contributed by atoms with van der Waals surface area (Å²) < 4.78 is 16.9. The first-order valence-electron chi connectivity index (χ1n) is 9.21. The molecule has 0 spiro atoms. The Morgan fingerprint density at radius 2 is 1.68 bits per heavy atom. The van der Waals surface area contributed by atoms with Gasteiger partial charge in [-0.3, -0.25) is 4.79 Å². The molecule has 0 saturated heterocycles. The van der Waals surface area contributed by atoms with Gasteiger partial charge in [0.15, 0.2) is 6.10 Å². The highest BCUT2D eigenvalue weighted by Gasteiger charge is 2.19. The molecule has 0 aliphatic heterocycles. The molecular formula is C23H21NO4. The molecule has 4 aromatic rings. The normalized spacial score (nSPS) is 12.1. The number of furan rings is 1. The van der Waals surface area contributed by atoms with Crippen molar-refractivity contribution in [1.29, 1.82) is 0 Å². The van der Waals surface area contributed by atoms with Crippen molar-refractivity contribution in [2.24, 2.45) is 0 Å². The molecule has 0 saturated carbocycles. The number of amides is 1. The first kappa shape index (κ1) is 17.9. The summed E-state index contributed by atoms with van der Waals surface area (Å²) in [5, 5.41) is 5.01. The van der Waals surface area contributed by atoms with Crippen molar-refractivity contribution in [3.8, 4) is 11.5 Å². The van der Waals surface area contributed by atoms with Crippen molar-refractivity contribution in [3.63, 3.8) is 0 Å². The van der Waals surface area contributed by atoms with E-state index in [0.717, 1.165) is 27.7 Å². The van der Waals surface area contributed by atoms with Crippen LogP contribution in [0.1, 0.15) is 13.3 Å². The lowest BCUT2D eigenvalue weighted by Gasteiger charge is -2.17. The zero-order chi connectivity index (χ0) is 19.5. The van der Waals surface area contributed by atoms with Gasteiger partial charge in [0.2, 0.25) is 0 Å². The summed E-state index contributed by atoms with van der Waals surface area (Å²) in [6.45, 7) is 1.91. The minimum atomic E-state index is -0.597. The Hall–Kier alpha value is -3.47. The maximum absolute atomic E-state index is 12.7. The van der Waals surface area contributed by atoms with E-state index in [9.17, 15) is 4.79 Å². The average Bonchev–Trinajstić information content (AvgIpc) is 3.10. The van der Waals surface area contributed by atoms with E-state index in [0.29, 0.717) is 17.9 Å². The Morgan fingerprint density at radius 1 is 0.964 bits per heavy atom. The molecule has 5 nitrogen and oxygen atoms in total. The second-order valence-corrected chi connectivity index (χ2v) is 6.49. The predicted octanol–water partition coefficient (Wildman–Crippen LogP) is 5.39. The standard InChI is InChI=1S/C23H21NO4/c1-3-20(27-17-11-9-16(26-2)10-12-17)23(25)24-15-8-13-19-18-6-4-5-7-21(18)28-22(19)14-15/h4-14,20H,3H2,1-2H3,(H,24,25)/t20-/m1/s1. The van der Waals surface area contributed by atoms with Gasteiger partial charge in [0.25, 0.3) is 5.91 Å². The summed E-state index contributed by atoms with van der Waals surface area (Å²) in [6, 6.07) is 20.7. The minimum absolute atomic E-state index is 0.200. The Kier molecular flexibility index (Phi) is 4.89.